The van der Waals surface area contributed by atoms with Crippen molar-refractivity contribution in [1.82, 2.24) is 10.3 Å². The molecule has 1 saturated carbocycles. The fourth-order valence-corrected chi connectivity index (χ4v) is 3.78. The van der Waals surface area contributed by atoms with Crippen LogP contribution >= 0.6 is 0 Å². The van der Waals surface area contributed by atoms with Gasteiger partial charge in [0.2, 0.25) is 5.88 Å². The number of carbonyl (C=O) groups is 1. The average molecular weight is 396 g/mol. The van der Waals surface area contributed by atoms with Crippen molar-refractivity contribution in [3.05, 3.63) is 53.7 Å². The maximum Gasteiger partial charge on any atom is 0.255 e. The molecule has 154 valence electrons. The molecule has 0 bridgehead atoms. The summed E-state index contributed by atoms with van der Waals surface area (Å²) < 4.78 is 17.3. The molecule has 1 saturated heterocycles. The molecular weight excluding hydrogens is 368 g/mol. The SMILES string of the molecule is O=C(NCc1ccc(OC2CCCC2)nc1)c1ccccc1OCC1CCCO1. The third-order valence-corrected chi connectivity index (χ3v) is 5.42. The number of rotatable bonds is 8. The van der Waals surface area contributed by atoms with Crippen molar-refractivity contribution in [2.75, 3.05) is 13.2 Å². The van der Waals surface area contributed by atoms with Gasteiger partial charge in [0.05, 0.1) is 11.7 Å². The van der Waals surface area contributed by atoms with E-state index in [0.29, 0.717) is 36.4 Å². The third kappa shape index (κ3) is 5.48. The first-order chi connectivity index (χ1) is 14.3. The predicted octanol–water partition coefficient (Wildman–Crippen LogP) is 3.89. The highest BCUT2D eigenvalue weighted by Gasteiger charge is 2.19. The minimum atomic E-state index is -0.167. The Morgan fingerprint density at radius 2 is 1.97 bits per heavy atom. The van der Waals surface area contributed by atoms with E-state index < -0.39 is 0 Å². The molecule has 1 N–H and O–H groups in total. The second-order valence-corrected chi connectivity index (χ2v) is 7.65. The van der Waals surface area contributed by atoms with Gasteiger partial charge in [-0.25, -0.2) is 4.98 Å². The van der Waals surface area contributed by atoms with Gasteiger partial charge in [0, 0.05) is 25.4 Å². The number of hydrogen-bond acceptors (Lipinski definition) is 5. The molecule has 0 radical (unpaired) electrons. The highest BCUT2D eigenvalue weighted by molar-refractivity contribution is 5.96. The minimum absolute atomic E-state index is 0.113. The molecule has 1 aromatic heterocycles. The molecule has 2 aromatic rings. The first-order valence-electron chi connectivity index (χ1n) is 10.5. The average Bonchev–Trinajstić information content (AvgIpc) is 3.46. The normalized spacial score (nSPS) is 19.2. The van der Waals surface area contributed by atoms with Gasteiger partial charge in [-0.1, -0.05) is 18.2 Å². The Bertz CT molecular complexity index is 797. The lowest BCUT2D eigenvalue weighted by molar-refractivity contribution is 0.0670. The van der Waals surface area contributed by atoms with E-state index in [-0.39, 0.29) is 12.0 Å². The van der Waals surface area contributed by atoms with Crippen LogP contribution in [-0.4, -0.2) is 36.3 Å². The van der Waals surface area contributed by atoms with E-state index in [1.54, 1.807) is 12.3 Å². The quantitative estimate of drug-likeness (QED) is 0.733. The Balaban J connectivity index is 1.30. The van der Waals surface area contributed by atoms with Crippen molar-refractivity contribution < 1.29 is 19.0 Å². The van der Waals surface area contributed by atoms with Gasteiger partial charge < -0.3 is 19.5 Å². The molecule has 1 aromatic carbocycles. The maximum absolute atomic E-state index is 12.7. The summed E-state index contributed by atoms with van der Waals surface area (Å²) in [5.74, 6) is 1.07. The van der Waals surface area contributed by atoms with Crippen LogP contribution in [0.25, 0.3) is 0 Å². The van der Waals surface area contributed by atoms with Crippen LogP contribution in [0.2, 0.25) is 0 Å². The summed E-state index contributed by atoms with van der Waals surface area (Å²) in [6.45, 7) is 1.65. The van der Waals surface area contributed by atoms with Crippen molar-refractivity contribution in [3.8, 4) is 11.6 Å². The van der Waals surface area contributed by atoms with Crippen LogP contribution in [0.3, 0.4) is 0 Å². The zero-order valence-corrected chi connectivity index (χ0v) is 16.6. The zero-order valence-electron chi connectivity index (χ0n) is 16.6. The molecule has 1 aliphatic heterocycles. The molecule has 1 unspecified atom stereocenters. The number of aromatic nitrogens is 1. The number of carbonyl (C=O) groups excluding carboxylic acids is 1. The van der Waals surface area contributed by atoms with E-state index in [1.807, 2.05) is 30.3 Å². The monoisotopic (exact) mass is 396 g/mol. The van der Waals surface area contributed by atoms with Crippen molar-refractivity contribution in [3.63, 3.8) is 0 Å². The van der Waals surface area contributed by atoms with E-state index in [1.165, 1.54) is 12.8 Å². The third-order valence-electron chi connectivity index (χ3n) is 5.42. The van der Waals surface area contributed by atoms with E-state index >= 15 is 0 Å². The van der Waals surface area contributed by atoms with Gasteiger partial charge in [-0.05, 0) is 56.2 Å². The molecule has 4 rings (SSSR count). The van der Waals surface area contributed by atoms with Crippen LogP contribution < -0.4 is 14.8 Å². The van der Waals surface area contributed by atoms with Crippen molar-refractivity contribution >= 4 is 5.91 Å². The largest absolute Gasteiger partial charge is 0.490 e. The van der Waals surface area contributed by atoms with Crippen LogP contribution in [0.15, 0.2) is 42.6 Å². The van der Waals surface area contributed by atoms with Crippen molar-refractivity contribution in [1.29, 1.82) is 0 Å². The summed E-state index contributed by atoms with van der Waals surface area (Å²) in [6, 6.07) is 11.1. The summed E-state index contributed by atoms with van der Waals surface area (Å²) in [7, 11) is 0. The lowest BCUT2D eigenvalue weighted by Crippen LogP contribution is -2.24. The highest BCUT2D eigenvalue weighted by atomic mass is 16.5. The Morgan fingerprint density at radius 1 is 1.10 bits per heavy atom. The van der Waals surface area contributed by atoms with Crippen molar-refractivity contribution in [2.45, 2.75) is 57.3 Å². The number of ether oxygens (including phenoxy) is 3. The second-order valence-electron chi connectivity index (χ2n) is 7.65. The molecule has 29 heavy (non-hydrogen) atoms. The van der Waals surface area contributed by atoms with Crippen LogP contribution in [0.5, 0.6) is 11.6 Å². The van der Waals surface area contributed by atoms with Gasteiger partial charge in [0.25, 0.3) is 5.91 Å². The van der Waals surface area contributed by atoms with E-state index in [2.05, 4.69) is 10.3 Å². The number of hydrogen-bond donors (Lipinski definition) is 1. The Morgan fingerprint density at radius 3 is 2.72 bits per heavy atom. The fourth-order valence-electron chi connectivity index (χ4n) is 3.78. The van der Waals surface area contributed by atoms with Crippen molar-refractivity contribution in [2.24, 2.45) is 0 Å². The van der Waals surface area contributed by atoms with Gasteiger partial charge in [0.1, 0.15) is 18.5 Å². The summed E-state index contributed by atoms with van der Waals surface area (Å²) in [5, 5.41) is 2.95. The smallest absolute Gasteiger partial charge is 0.255 e. The molecule has 6 heteroatoms. The van der Waals surface area contributed by atoms with Crippen LogP contribution in [0.4, 0.5) is 0 Å². The van der Waals surface area contributed by atoms with Crippen LogP contribution in [0.1, 0.15) is 54.4 Å². The number of para-hydroxylation sites is 1. The first kappa shape index (κ1) is 19.7. The molecule has 2 aliphatic rings. The van der Waals surface area contributed by atoms with Gasteiger partial charge >= 0.3 is 0 Å². The van der Waals surface area contributed by atoms with E-state index in [4.69, 9.17) is 14.2 Å². The Kier molecular flexibility index (Phi) is 6.62. The summed E-state index contributed by atoms with van der Waals surface area (Å²) in [5.41, 5.74) is 1.45. The lowest BCUT2D eigenvalue weighted by Gasteiger charge is -2.15. The number of pyridine rings is 1. The number of nitrogens with one attached hydrogen (secondary N) is 1. The van der Waals surface area contributed by atoms with Gasteiger partial charge in [-0.15, -0.1) is 0 Å². The molecular formula is C23H28N2O4. The predicted molar refractivity (Wildman–Crippen MR) is 109 cm³/mol. The molecule has 0 spiro atoms. The molecule has 2 fully saturated rings. The van der Waals surface area contributed by atoms with Gasteiger partial charge in [0.15, 0.2) is 0 Å². The number of amides is 1. The van der Waals surface area contributed by atoms with Crippen LogP contribution in [-0.2, 0) is 11.3 Å². The summed E-state index contributed by atoms with van der Waals surface area (Å²) >= 11 is 0. The maximum atomic E-state index is 12.7. The zero-order chi connectivity index (χ0) is 19.9. The number of benzene rings is 1. The van der Waals surface area contributed by atoms with E-state index in [9.17, 15) is 4.79 Å². The summed E-state index contributed by atoms with van der Waals surface area (Å²) in [6.07, 6.45) is 8.89. The lowest BCUT2D eigenvalue weighted by atomic mass is 10.1. The molecule has 2 heterocycles. The van der Waals surface area contributed by atoms with E-state index in [0.717, 1.165) is 37.9 Å². The second kappa shape index (κ2) is 9.74. The number of nitrogens with zero attached hydrogens (tertiary/aromatic N) is 1. The Labute approximate surface area is 171 Å². The Hall–Kier alpha value is -2.60. The standard InChI is InChI=1S/C23H28N2O4/c26-23(20-9-3-4-10-21(20)28-16-19-8-5-13-27-19)25-15-17-11-12-22(24-14-17)29-18-6-1-2-7-18/h3-4,9-12,14,18-19H,1-2,5-8,13,15-16H2,(H,25,26). The fraction of sp³-hybridized carbons (Fsp3) is 0.478. The molecule has 1 atom stereocenters. The molecule has 1 aliphatic carbocycles. The molecule has 1 amide bonds. The highest BCUT2D eigenvalue weighted by Crippen LogP contribution is 2.23. The van der Waals surface area contributed by atoms with Gasteiger partial charge in [-0.2, -0.15) is 0 Å². The van der Waals surface area contributed by atoms with Gasteiger partial charge in [-0.3, -0.25) is 4.79 Å². The van der Waals surface area contributed by atoms with Crippen LogP contribution in [0, 0.1) is 0 Å². The minimum Gasteiger partial charge on any atom is -0.490 e. The first-order valence-corrected chi connectivity index (χ1v) is 10.5. The summed E-state index contributed by atoms with van der Waals surface area (Å²) in [4.78, 5) is 17.0. The topological polar surface area (TPSA) is 69.7 Å². The molecule has 6 nitrogen and oxygen atoms in total.